The number of rotatable bonds is 9. The molecule has 0 saturated heterocycles. The third-order valence-corrected chi connectivity index (χ3v) is 3.42. The number of carbonyl (C=O) groups is 1. The molecule has 0 aromatic heterocycles. The van der Waals surface area contributed by atoms with Crippen LogP contribution in [-0.4, -0.2) is 31.7 Å². The van der Waals surface area contributed by atoms with E-state index in [2.05, 4.69) is 10.6 Å². The van der Waals surface area contributed by atoms with Gasteiger partial charge in [-0.15, -0.1) is 0 Å². The number of hydrogen-bond acceptors (Lipinski definition) is 3. The second-order valence-electron chi connectivity index (χ2n) is 5.84. The molecule has 0 spiro atoms. The van der Waals surface area contributed by atoms with E-state index in [4.69, 9.17) is 9.47 Å². The Kier molecular flexibility index (Phi) is 7.79. The maximum absolute atomic E-state index is 12.8. The smallest absolute Gasteiger partial charge is 0.315 e. The number of hydrogen-bond donors (Lipinski definition) is 2. The zero-order valence-corrected chi connectivity index (χ0v) is 14.8. The summed E-state index contributed by atoms with van der Waals surface area (Å²) in [5, 5.41) is 5.38. The van der Waals surface area contributed by atoms with Gasteiger partial charge in [0.1, 0.15) is 30.5 Å². The average Bonchev–Trinajstić information content (AvgIpc) is 2.64. The van der Waals surface area contributed by atoms with Gasteiger partial charge in [0.15, 0.2) is 0 Å². The van der Waals surface area contributed by atoms with Crippen LogP contribution in [0.4, 0.5) is 18.0 Å². The van der Waals surface area contributed by atoms with Crippen LogP contribution in [-0.2, 0) is 6.54 Å². The number of amides is 2. The van der Waals surface area contributed by atoms with Crippen molar-refractivity contribution >= 4 is 6.03 Å². The molecule has 2 rings (SSSR count). The number of nitrogens with one attached hydrogen (secondary N) is 2. The lowest BCUT2D eigenvalue weighted by Crippen LogP contribution is -2.43. The molecule has 1 unspecified atom stereocenters. The minimum Gasteiger partial charge on any atom is -0.491 e. The maximum Gasteiger partial charge on any atom is 0.315 e. The van der Waals surface area contributed by atoms with Crippen LogP contribution >= 0.6 is 0 Å². The summed E-state index contributed by atoms with van der Waals surface area (Å²) in [6.07, 6.45) is -2.55. The molecule has 27 heavy (non-hydrogen) atoms. The molecule has 8 heteroatoms. The van der Waals surface area contributed by atoms with Gasteiger partial charge in [-0.2, -0.15) is 0 Å². The highest BCUT2D eigenvalue weighted by Gasteiger charge is 2.09. The fourth-order valence-corrected chi connectivity index (χ4v) is 2.16. The van der Waals surface area contributed by atoms with E-state index in [1.54, 1.807) is 31.2 Å². The van der Waals surface area contributed by atoms with Gasteiger partial charge >= 0.3 is 6.03 Å². The van der Waals surface area contributed by atoms with Crippen molar-refractivity contribution in [3.05, 3.63) is 59.9 Å². The minimum atomic E-state index is -2.55. The molecular weight excluding hydrogens is 361 g/mol. The van der Waals surface area contributed by atoms with Crippen LogP contribution in [0.25, 0.3) is 0 Å². The molecule has 0 bridgehead atoms. The summed E-state index contributed by atoms with van der Waals surface area (Å²) in [5.41, 5.74) is 0.715. The highest BCUT2D eigenvalue weighted by Crippen LogP contribution is 2.14. The predicted octanol–water partition coefficient (Wildman–Crippen LogP) is 3.74. The average molecular weight is 382 g/mol. The first kappa shape index (κ1) is 20.4. The highest BCUT2D eigenvalue weighted by molar-refractivity contribution is 5.74. The molecule has 2 N–H and O–H groups in total. The minimum absolute atomic E-state index is 0.212. The van der Waals surface area contributed by atoms with Gasteiger partial charge in [-0.25, -0.2) is 18.0 Å². The van der Waals surface area contributed by atoms with E-state index in [1.165, 1.54) is 24.3 Å². The largest absolute Gasteiger partial charge is 0.491 e. The second-order valence-corrected chi connectivity index (χ2v) is 5.84. The van der Waals surface area contributed by atoms with Crippen molar-refractivity contribution in [2.45, 2.75) is 25.9 Å². The lowest BCUT2D eigenvalue weighted by atomic mass is 10.2. The Balaban J connectivity index is 1.72. The van der Waals surface area contributed by atoms with Gasteiger partial charge in [0, 0.05) is 6.54 Å². The summed E-state index contributed by atoms with van der Waals surface area (Å²) in [4.78, 5) is 11.9. The van der Waals surface area contributed by atoms with Crippen LogP contribution in [0.15, 0.2) is 48.5 Å². The molecule has 2 aromatic carbocycles. The molecule has 0 aliphatic rings. The zero-order chi connectivity index (χ0) is 19.6. The standard InChI is InChI=1S/C19H21F3N2O3/c1-13(11-26-16-7-5-15(20)6-8-16)24-19(25)23-10-14-3-2-4-17(9-14)27-12-18(21)22/h2-9,13,18H,10-12H2,1H3,(H2,23,24,25). The van der Waals surface area contributed by atoms with Crippen molar-refractivity contribution < 1.29 is 27.4 Å². The Bertz CT molecular complexity index is 726. The topological polar surface area (TPSA) is 59.6 Å². The molecular formula is C19H21F3N2O3. The van der Waals surface area contributed by atoms with E-state index >= 15 is 0 Å². The first-order chi connectivity index (χ1) is 12.9. The Labute approximate surface area is 155 Å². The first-order valence-corrected chi connectivity index (χ1v) is 8.35. The predicted molar refractivity (Wildman–Crippen MR) is 94.7 cm³/mol. The van der Waals surface area contributed by atoms with Crippen LogP contribution in [0.5, 0.6) is 11.5 Å². The molecule has 2 aromatic rings. The fraction of sp³-hybridized carbons (Fsp3) is 0.316. The van der Waals surface area contributed by atoms with Crippen molar-refractivity contribution in [1.29, 1.82) is 0 Å². The molecule has 2 amide bonds. The quantitative estimate of drug-likeness (QED) is 0.695. The summed E-state index contributed by atoms with van der Waals surface area (Å²) in [6.45, 7) is 1.52. The lowest BCUT2D eigenvalue weighted by Gasteiger charge is -2.16. The monoisotopic (exact) mass is 382 g/mol. The highest BCUT2D eigenvalue weighted by atomic mass is 19.3. The maximum atomic E-state index is 12.8. The number of ether oxygens (including phenoxy) is 2. The van der Waals surface area contributed by atoms with Crippen molar-refractivity contribution in [1.82, 2.24) is 10.6 Å². The number of halogens is 3. The van der Waals surface area contributed by atoms with Gasteiger partial charge in [-0.1, -0.05) is 12.1 Å². The SMILES string of the molecule is CC(COc1ccc(F)cc1)NC(=O)NCc1cccc(OCC(F)F)c1. The number of alkyl halides is 2. The van der Waals surface area contributed by atoms with Gasteiger partial charge in [-0.3, -0.25) is 0 Å². The Hall–Kier alpha value is -2.90. The molecule has 1 atom stereocenters. The molecule has 0 aliphatic heterocycles. The molecule has 0 aliphatic carbocycles. The van der Waals surface area contributed by atoms with Crippen molar-refractivity contribution in [2.75, 3.05) is 13.2 Å². The van der Waals surface area contributed by atoms with Gasteiger partial charge in [0.05, 0.1) is 6.04 Å². The van der Waals surface area contributed by atoms with Gasteiger partial charge in [-0.05, 0) is 48.9 Å². The first-order valence-electron chi connectivity index (χ1n) is 8.35. The van der Waals surface area contributed by atoms with Crippen LogP contribution < -0.4 is 20.1 Å². The van der Waals surface area contributed by atoms with Gasteiger partial charge in [0.25, 0.3) is 6.43 Å². The Morgan fingerprint density at radius 3 is 2.44 bits per heavy atom. The van der Waals surface area contributed by atoms with Gasteiger partial charge < -0.3 is 20.1 Å². The summed E-state index contributed by atoms with van der Waals surface area (Å²) < 4.78 is 47.6. The van der Waals surface area contributed by atoms with Crippen molar-refractivity contribution in [3.8, 4) is 11.5 Å². The fourth-order valence-electron chi connectivity index (χ4n) is 2.16. The van der Waals surface area contributed by atoms with Crippen LogP contribution in [0.2, 0.25) is 0 Å². The molecule has 0 saturated carbocycles. The zero-order valence-electron chi connectivity index (χ0n) is 14.8. The van der Waals surface area contributed by atoms with Crippen LogP contribution in [0.3, 0.4) is 0 Å². The van der Waals surface area contributed by atoms with Crippen LogP contribution in [0.1, 0.15) is 12.5 Å². The van der Waals surface area contributed by atoms with Crippen molar-refractivity contribution in [3.63, 3.8) is 0 Å². The van der Waals surface area contributed by atoms with E-state index in [0.717, 1.165) is 0 Å². The summed E-state index contributed by atoms with van der Waals surface area (Å²) >= 11 is 0. The number of urea groups is 1. The summed E-state index contributed by atoms with van der Waals surface area (Å²) in [7, 11) is 0. The second kappa shape index (κ2) is 10.3. The molecule has 5 nitrogen and oxygen atoms in total. The number of benzene rings is 2. The summed E-state index contributed by atoms with van der Waals surface area (Å²) in [5.74, 6) is 0.471. The normalized spacial score (nSPS) is 11.7. The Morgan fingerprint density at radius 1 is 1.04 bits per heavy atom. The lowest BCUT2D eigenvalue weighted by molar-refractivity contribution is 0.0818. The molecule has 0 radical (unpaired) electrons. The third kappa shape index (κ3) is 7.89. The van der Waals surface area contributed by atoms with E-state index in [0.29, 0.717) is 17.1 Å². The third-order valence-electron chi connectivity index (χ3n) is 3.42. The summed E-state index contributed by atoms with van der Waals surface area (Å²) in [6, 6.07) is 11.5. The van der Waals surface area contributed by atoms with Crippen molar-refractivity contribution in [2.24, 2.45) is 0 Å². The molecule has 146 valence electrons. The van der Waals surface area contributed by atoms with Gasteiger partial charge in [0.2, 0.25) is 0 Å². The van der Waals surface area contributed by atoms with E-state index in [-0.39, 0.29) is 25.0 Å². The van der Waals surface area contributed by atoms with E-state index < -0.39 is 19.1 Å². The van der Waals surface area contributed by atoms with E-state index in [1.807, 2.05) is 0 Å². The van der Waals surface area contributed by atoms with Crippen LogP contribution in [0, 0.1) is 5.82 Å². The Morgan fingerprint density at radius 2 is 1.74 bits per heavy atom. The molecule has 0 heterocycles. The van der Waals surface area contributed by atoms with E-state index in [9.17, 15) is 18.0 Å². The molecule has 0 fully saturated rings. The number of carbonyl (C=O) groups excluding carboxylic acids is 1.